The van der Waals surface area contributed by atoms with Crippen LogP contribution in [0.3, 0.4) is 0 Å². The van der Waals surface area contributed by atoms with Gasteiger partial charge in [0.1, 0.15) is 17.0 Å². The largest absolute Gasteiger partial charge is 0.494 e. The third-order valence-corrected chi connectivity index (χ3v) is 4.33. The summed E-state index contributed by atoms with van der Waals surface area (Å²) >= 11 is 1.51. The summed E-state index contributed by atoms with van der Waals surface area (Å²) in [6, 6.07) is 7.43. The molecule has 1 amide bonds. The monoisotopic (exact) mass is 332 g/mol. The minimum absolute atomic E-state index is 0.161. The number of rotatable bonds is 5. The van der Waals surface area contributed by atoms with Crippen molar-refractivity contribution in [3.05, 3.63) is 30.0 Å². The van der Waals surface area contributed by atoms with Crippen molar-refractivity contribution in [3.63, 3.8) is 0 Å². The second kappa shape index (κ2) is 6.25. The smallest absolute Gasteiger partial charge is 0.245 e. The van der Waals surface area contributed by atoms with Crippen molar-refractivity contribution in [1.82, 2.24) is 10.1 Å². The van der Waals surface area contributed by atoms with Gasteiger partial charge in [0.25, 0.3) is 0 Å². The van der Waals surface area contributed by atoms with Gasteiger partial charge in [0.05, 0.1) is 18.4 Å². The second-order valence-electron chi connectivity index (χ2n) is 5.03. The molecule has 0 unspecified atom stereocenters. The number of nitrogens with zero attached hydrogens (tertiary/aromatic N) is 3. The normalized spacial score (nSPS) is 10.7. The molecule has 2 aromatic heterocycles. The molecule has 0 fully saturated rings. The van der Waals surface area contributed by atoms with Crippen molar-refractivity contribution in [1.29, 1.82) is 0 Å². The molecular formula is C15H16N4O3S. The van der Waals surface area contributed by atoms with Gasteiger partial charge in [0, 0.05) is 13.1 Å². The molecule has 23 heavy (non-hydrogen) atoms. The van der Waals surface area contributed by atoms with Gasteiger partial charge in [-0.05, 0) is 19.1 Å². The summed E-state index contributed by atoms with van der Waals surface area (Å²) in [6.07, 6.45) is 0. The van der Waals surface area contributed by atoms with Crippen molar-refractivity contribution in [3.8, 4) is 5.75 Å². The quantitative estimate of drug-likeness (QED) is 0.774. The molecule has 0 aliphatic carbocycles. The Morgan fingerprint density at radius 2 is 2.30 bits per heavy atom. The SMILES string of the molecule is COc1cccc2sc(N(C)CC(=O)Nc3cc(C)on3)nc12. The first kappa shape index (κ1) is 15.3. The van der Waals surface area contributed by atoms with Crippen LogP contribution in [-0.2, 0) is 4.79 Å². The Bertz CT molecular complexity index is 842. The molecule has 0 aliphatic heterocycles. The molecular weight excluding hydrogens is 316 g/mol. The maximum Gasteiger partial charge on any atom is 0.245 e. The first-order valence-electron chi connectivity index (χ1n) is 6.94. The molecule has 0 bridgehead atoms. The summed E-state index contributed by atoms with van der Waals surface area (Å²) in [5, 5.41) is 7.17. The highest BCUT2D eigenvalue weighted by Gasteiger charge is 2.15. The first-order valence-corrected chi connectivity index (χ1v) is 7.76. The molecule has 0 radical (unpaired) electrons. The number of anilines is 2. The number of carbonyl (C=O) groups excluding carboxylic acids is 1. The predicted molar refractivity (Wildman–Crippen MR) is 89.3 cm³/mol. The van der Waals surface area contributed by atoms with Gasteiger partial charge in [0.15, 0.2) is 10.9 Å². The van der Waals surface area contributed by atoms with Gasteiger partial charge in [-0.25, -0.2) is 4.98 Å². The summed E-state index contributed by atoms with van der Waals surface area (Å²) in [4.78, 5) is 18.4. The number of aromatic nitrogens is 2. The number of carbonyl (C=O) groups is 1. The zero-order valence-corrected chi connectivity index (χ0v) is 13.8. The van der Waals surface area contributed by atoms with E-state index < -0.39 is 0 Å². The van der Waals surface area contributed by atoms with Crippen LogP contribution in [0.2, 0.25) is 0 Å². The van der Waals surface area contributed by atoms with Crippen LogP contribution < -0.4 is 15.0 Å². The number of benzene rings is 1. The van der Waals surface area contributed by atoms with Crippen LogP contribution in [0.15, 0.2) is 28.8 Å². The van der Waals surface area contributed by atoms with E-state index in [1.165, 1.54) is 11.3 Å². The number of ether oxygens (including phenoxy) is 1. The Hall–Kier alpha value is -2.61. The van der Waals surface area contributed by atoms with E-state index in [4.69, 9.17) is 9.26 Å². The van der Waals surface area contributed by atoms with E-state index in [1.807, 2.05) is 25.2 Å². The minimum Gasteiger partial charge on any atom is -0.494 e. The van der Waals surface area contributed by atoms with Gasteiger partial charge in [-0.15, -0.1) is 0 Å². The summed E-state index contributed by atoms with van der Waals surface area (Å²) in [5.41, 5.74) is 0.800. The molecule has 7 nitrogen and oxygen atoms in total. The number of likely N-dealkylation sites (N-methyl/N-ethyl adjacent to an activating group) is 1. The maximum absolute atomic E-state index is 12.1. The summed E-state index contributed by atoms with van der Waals surface area (Å²) in [5.74, 6) is 1.59. The van der Waals surface area contributed by atoms with Crippen molar-refractivity contribution in [2.45, 2.75) is 6.92 Å². The fourth-order valence-electron chi connectivity index (χ4n) is 2.13. The number of thiazole rings is 1. The number of fused-ring (bicyclic) bond motifs is 1. The van der Waals surface area contributed by atoms with E-state index >= 15 is 0 Å². The predicted octanol–water partition coefficient (Wildman–Crippen LogP) is 2.68. The molecule has 120 valence electrons. The zero-order valence-electron chi connectivity index (χ0n) is 13.0. The highest BCUT2D eigenvalue weighted by atomic mass is 32.1. The maximum atomic E-state index is 12.1. The van der Waals surface area contributed by atoms with E-state index in [2.05, 4.69) is 15.5 Å². The van der Waals surface area contributed by atoms with Crippen molar-refractivity contribution < 1.29 is 14.1 Å². The number of aryl methyl sites for hydroxylation is 1. The lowest BCUT2D eigenvalue weighted by molar-refractivity contribution is -0.115. The lowest BCUT2D eigenvalue weighted by Gasteiger charge is -2.14. The van der Waals surface area contributed by atoms with Crippen LogP contribution in [0.5, 0.6) is 5.75 Å². The topological polar surface area (TPSA) is 80.5 Å². The molecule has 0 aliphatic rings. The van der Waals surface area contributed by atoms with Gasteiger partial charge in [0.2, 0.25) is 5.91 Å². The molecule has 2 heterocycles. The van der Waals surface area contributed by atoms with Crippen LogP contribution in [0.4, 0.5) is 10.9 Å². The van der Waals surface area contributed by atoms with E-state index in [0.717, 1.165) is 21.1 Å². The summed E-state index contributed by atoms with van der Waals surface area (Å²) < 4.78 is 11.2. The van der Waals surface area contributed by atoms with E-state index in [1.54, 1.807) is 25.0 Å². The van der Waals surface area contributed by atoms with Crippen LogP contribution in [-0.4, -0.2) is 36.8 Å². The highest BCUT2D eigenvalue weighted by Crippen LogP contribution is 2.33. The van der Waals surface area contributed by atoms with Crippen LogP contribution in [0.25, 0.3) is 10.2 Å². The van der Waals surface area contributed by atoms with E-state index in [0.29, 0.717) is 11.6 Å². The Morgan fingerprint density at radius 3 is 3.00 bits per heavy atom. The number of hydrogen-bond donors (Lipinski definition) is 1. The Kier molecular flexibility index (Phi) is 4.16. The van der Waals surface area contributed by atoms with E-state index in [-0.39, 0.29) is 12.5 Å². The van der Waals surface area contributed by atoms with Gasteiger partial charge >= 0.3 is 0 Å². The molecule has 3 rings (SSSR count). The lowest BCUT2D eigenvalue weighted by atomic mass is 10.3. The summed E-state index contributed by atoms with van der Waals surface area (Å²) in [7, 11) is 3.43. The summed E-state index contributed by atoms with van der Waals surface area (Å²) in [6.45, 7) is 1.93. The van der Waals surface area contributed by atoms with Crippen molar-refractivity contribution in [2.24, 2.45) is 0 Å². The molecule has 0 saturated heterocycles. The van der Waals surface area contributed by atoms with Crippen molar-refractivity contribution in [2.75, 3.05) is 30.9 Å². The Morgan fingerprint density at radius 1 is 1.48 bits per heavy atom. The number of methoxy groups -OCH3 is 1. The first-order chi connectivity index (χ1) is 11.1. The number of amides is 1. The second-order valence-corrected chi connectivity index (χ2v) is 6.04. The molecule has 0 spiro atoms. The molecule has 3 aromatic rings. The van der Waals surface area contributed by atoms with E-state index in [9.17, 15) is 4.79 Å². The fraction of sp³-hybridized carbons (Fsp3) is 0.267. The molecule has 8 heteroatoms. The standard InChI is InChI=1S/C15H16N4O3S/c1-9-7-12(18-22-9)16-13(20)8-19(2)15-17-14-10(21-3)5-4-6-11(14)23-15/h4-7H,8H2,1-3H3,(H,16,18,20). The molecule has 0 saturated carbocycles. The van der Waals surface area contributed by atoms with Crippen LogP contribution >= 0.6 is 11.3 Å². The number of hydrogen-bond acceptors (Lipinski definition) is 7. The van der Waals surface area contributed by atoms with Gasteiger partial charge in [-0.1, -0.05) is 22.6 Å². The third-order valence-electron chi connectivity index (χ3n) is 3.19. The molecule has 0 atom stereocenters. The Labute approximate surface area is 136 Å². The lowest BCUT2D eigenvalue weighted by Crippen LogP contribution is -2.30. The van der Waals surface area contributed by atoms with Crippen LogP contribution in [0.1, 0.15) is 5.76 Å². The number of nitrogens with one attached hydrogen (secondary N) is 1. The zero-order chi connectivity index (χ0) is 16.4. The average molecular weight is 332 g/mol. The third kappa shape index (κ3) is 3.26. The van der Waals surface area contributed by atoms with Gasteiger partial charge in [-0.2, -0.15) is 0 Å². The number of para-hydroxylation sites is 1. The average Bonchev–Trinajstić information content (AvgIpc) is 3.12. The van der Waals surface area contributed by atoms with Gasteiger partial charge in [-0.3, -0.25) is 4.79 Å². The van der Waals surface area contributed by atoms with Crippen LogP contribution in [0, 0.1) is 6.92 Å². The minimum atomic E-state index is -0.188. The van der Waals surface area contributed by atoms with Crippen molar-refractivity contribution >= 4 is 38.4 Å². The molecule has 1 aromatic carbocycles. The fourth-order valence-corrected chi connectivity index (χ4v) is 3.07. The van der Waals surface area contributed by atoms with Gasteiger partial charge < -0.3 is 19.5 Å². The molecule has 1 N–H and O–H groups in total. The highest BCUT2D eigenvalue weighted by molar-refractivity contribution is 7.22. The Balaban J connectivity index is 1.72.